The average Bonchev–Trinajstić information content (AvgIpc) is 3.02. The van der Waals surface area contributed by atoms with E-state index in [0.29, 0.717) is 6.54 Å². The molecule has 1 atom stereocenters. The second-order valence-electron chi connectivity index (χ2n) is 11.1. The summed E-state index contributed by atoms with van der Waals surface area (Å²) in [6.45, 7) is 5.95. The van der Waals surface area contributed by atoms with E-state index in [1.165, 1.54) is 17.0 Å². The quantitative estimate of drug-likeness (QED) is 0.189. The zero-order valence-corrected chi connectivity index (χ0v) is 26.8. The Morgan fingerprint density at radius 2 is 1.39 bits per heavy atom. The van der Waals surface area contributed by atoms with Crippen molar-refractivity contribution in [2.45, 2.75) is 44.7 Å². The van der Waals surface area contributed by atoms with Crippen LogP contribution in [-0.2, 0) is 32.6 Å². The van der Waals surface area contributed by atoms with Crippen LogP contribution in [0, 0.1) is 12.8 Å². The van der Waals surface area contributed by atoms with E-state index in [0.717, 1.165) is 21.0 Å². The van der Waals surface area contributed by atoms with Crippen molar-refractivity contribution in [2.75, 3.05) is 17.4 Å². The normalized spacial score (nSPS) is 12.0. The monoisotopic (exact) mass is 631 g/mol. The second-order valence-corrected chi connectivity index (χ2v) is 13.4. The summed E-state index contributed by atoms with van der Waals surface area (Å²) in [6.07, 6.45) is 0.250. The third-order valence-electron chi connectivity index (χ3n) is 7.16. The molecule has 0 aliphatic heterocycles. The molecule has 0 aliphatic carbocycles. The third-order valence-corrected chi connectivity index (χ3v) is 9.25. The number of sulfonamides is 1. The molecule has 4 aromatic carbocycles. The first kappa shape index (κ1) is 32.8. The third kappa shape index (κ3) is 8.49. The van der Waals surface area contributed by atoms with Crippen LogP contribution in [0.1, 0.15) is 30.5 Å². The Hall–Kier alpha value is -4.14. The van der Waals surface area contributed by atoms with Gasteiger partial charge < -0.3 is 10.2 Å². The van der Waals surface area contributed by atoms with Crippen molar-refractivity contribution in [1.29, 1.82) is 0 Å². The van der Waals surface area contributed by atoms with Gasteiger partial charge in [0, 0.05) is 19.5 Å². The summed E-state index contributed by atoms with van der Waals surface area (Å²) in [4.78, 5) is 29.8. The maximum Gasteiger partial charge on any atom is 0.264 e. The summed E-state index contributed by atoms with van der Waals surface area (Å²) < 4.78 is 29.1. The van der Waals surface area contributed by atoms with Crippen LogP contribution in [0.15, 0.2) is 114 Å². The van der Waals surface area contributed by atoms with Crippen molar-refractivity contribution in [3.8, 4) is 0 Å². The van der Waals surface area contributed by atoms with Crippen molar-refractivity contribution in [2.24, 2.45) is 5.92 Å². The molecule has 0 aromatic heterocycles. The topological polar surface area (TPSA) is 86.8 Å². The molecule has 230 valence electrons. The molecule has 4 rings (SSSR count). The summed E-state index contributed by atoms with van der Waals surface area (Å²) in [6, 6.07) is 30.7. The zero-order chi connectivity index (χ0) is 31.7. The fraction of sp³-hybridized carbons (Fsp3) is 0.257. The molecule has 0 spiro atoms. The molecule has 0 fully saturated rings. The Bertz CT molecular complexity index is 1650. The molecular weight excluding hydrogens is 594 g/mol. The lowest BCUT2D eigenvalue weighted by Gasteiger charge is -2.34. The number of nitrogens with one attached hydrogen (secondary N) is 1. The highest BCUT2D eigenvalue weighted by Crippen LogP contribution is 2.31. The van der Waals surface area contributed by atoms with Crippen molar-refractivity contribution in [3.05, 3.63) is 131 Å². The van der Waals surface area contributed by atoms with Crippen LogP contribution >= 0.6 is 11.6 Å². The van der Waals surface area contributed by atoms with Gasteiger partial charge in [-0.25, -0.2) is 8.42 Å². The predicted octanol–water partition coefficient (Wildman–Crippen LogP) is 6.26. The number of benzene rings is 4. The lowest BCUT2D eigenvalue weighted by molar-refractivity contribution is -0.140. The maximum atomic E-state index is 14.5. The van der Waals surface area contributed by atoms with Crippen LogP contribution in [0.2, 0.25) is 5.02 Å². The zero-order valence-electron chi connectivity index (χ0n) is 25.2. The fourth-order valence-corrected chi connectivity index (χ4v) is 6.50. The number of amides is 2. The first-order valence-corrected chi connectivity index (χ1v) is 16.4. The highest BCUT2D eigenvalue weighted by Gasteiger charge is 2.35. The van der Waals surface area contributed by atoms with E-state index >= 15 is 0 Å². The van der Waals surface area contributed by atoms with Crippen molar-refractivity contribution >= 4 is 39.1 Å². The van der Waals surface area contributed by atoms with Crippen LogP contribution in [0.25, 0.3) is 0 Å². The maximum absolute atomic E-state index is 14.5. The molecule has 4 aromatic rings. The Morgan fingerprint density at radius 1 is 0.795 bits per heavy atom. The number of hydrogen-bond acceptors (Lipinski definition) is 4. The molecule has 0 saturated heterocycles. The van der Waals surface area contributed by atoms with Crippen LogP contribution < -0.4 is 9.62 Å². The van der Waals surface area contributed by atoms with E-state index in [-0.39, 0.29) is 40.4 Å². The molecule has 7 nitrogen and oxygen atoms in total. The Balaban J connectivity index is 1.79. The molecule has 9 heteroatoms. The van der Waals surface area contributed by atoms with Gasteiger partial charge in [-0.2, -0.15) is 0 Å². The first-order valence-electron chi connectivity index (χ1n) is 14.5. The number of halogens is 1. The summed E-state index contributed by atoms with van der Waals surface area (Å²) in [5, 5.41) is 3.18. The molecule has 1 N–H and O–H groups in total. The number of hydrogen-bond donors (Lipinski definition) is 1. The van der Waals surface area contributed by atoms with Gasteiger partial charge in [-0.3, -0.25) is 13.9 Å². The smallest absolute Gasteiger partial charge is 0.264 e. The minimum Gasteiger partial charge on any atom is -0.354 e. The van der Waals surface area contributed by atoms with Gasteiger partial charge in [0.25, 0.3) is 10.0 Å². The molecule has 0 bridgehead atoms. The molecule has 0 unspecified atom stereocenters. The number of para-hydroxylation sites is 1. The number of nitrogens with zero attached hydrogens (tertiary/aromatic N) is 2. The summed E-state index contributed by atoms with van der Waals surface area (Å²) >= 11 is 6.52. The minimum atomic E-state index is -4.21. The number of aryl methyl sites for hydroxylation is 1. The number of carbonyl (C=O) groups excluding carboxylic acids is 2. The second kappa shape index (κ2) is 15.0. The van der Waals surface area contributed by atoms with E-state index in [9.17, 15) is 18.0 Å². The van der Waals surface area contributed by atoms with Crippen LogP contribution in [0.4, 0.5) is 5.69 Å². The van der Waals surface area contributed by atoms with Gasteiger partial charge in [-0.15, -0.1) is 0 Å². The van der Waals surface area contributed by atoms with Gasteiger partial charge in [-0.1, -0.05) is 116 Å². The number of carbonyl (C=O) groups is 2. The Morgan fingerprint density at radius 3 is 2.00 bits per heavy atom. The van der Waals surface area contributed by atoms with Gasteiger partial charge in [0.15, 0.2) is 0 Å². The van der Waals surface area contributed by atoms with Crippen LogP contribution in [-0.4, -0.2) is 44.3 Å². The van der Waals surface area contributed by atoms with Crippen LogP contribution in [0.3, 0.4) is 0 Å². The van der Waals surface area contributed by atoms with Crippen LogP contribution in [0.5, 0.6) is 0 Å². The SMILES string of the molecule is Cc1ccc(CN(C(=O)CN(c2ccccc2Cl)S(=O)(=O)c2ccccc2)[C@H](Cc2ccccc2)C(=O)NCC(C)C)cc1. The highest BCUT2D eigenvalue weighted by molar-refractivity contribution is 7.92. The molecule has 2 amide bonds. The molecule has 44 heavy (non-hydrogen) atoms. The molecule has 0 radical (unpaired) electrons. The van der Waals surface area contributed by atoms with Crippen molar-refractivity contribution in [3.63, 3.8) is 0 Å². The largest absolute Gasteiger partial charge is 0.354 e. The minimum absolute atomic E-state index is 0.0216. The van der Waals surface area contributed by atoms with E-state index in [2.05, 4.69) is 5.32 Å². The highest BCUT2D eigenvalue weighted by atomic mass is 35.5. The van der Waals surface area contributed by atoms with E-state index in [1.807, 2.05) is 75.4 Å². The average molecular weight is 632 g/mol. The summed E-state index contributed by atoms with van der Waals surface area (Å²) in [5.74, 6) is -0.645. The fourth-order valence-electron chi connectivity index (χ4n) is 4.75. The standard InChI is InChI=1S/C35H38ClN3O4S/c1-26(2)23-37-35(41)33(22-28-12-6-4-7-13-28)38(24-29-20-18-27(3)19-21-29)34(40)25-39(32-17-11-10-16-31(32)36)44(42,43)30-14-8-5-9-15-30/h4-21,26,33H,22-25H2,1-3H3,(H,37,41)/t33-/m1/s1. The van der Waals surface area contributed by atoms with Crippen molar-refractivity contribution < 1.29 is 18.0 Å². The first-order chi connectivity index (χ1) is 21.1. The van der Waals surface area contributed by atoms with E-state index in [4.69, 9.17) is 11.6 Å². The molecule has 0 saturated carbocycles. The Labute approximate surface area is 265 Å². The summed E-state index contributed by atoms with van der Waals surface area (Å²) in [7, 11) is -4.21. The lowest BCUT2D eigenvalue weighted by Crippen LogP contribution is -2.53. The lowest BCUT2D eigenvalue weighted by atomic mass is 10.0. The Kier molecular flexibility index (Phi) is 11.2. The van der Waals surface area contributed by atoms with E-state index in [1.54, 1.807) is 42.5 Å². The van der Waals surface area contributed by atoms with E-state index < -0.39 is 28.5 Å². The molecular formula is C35H38ClN3O4S. The van der Waals surface area contributed by atoms with Crippen molar-refractivity contribution in [1.82, 2.24) is 10.2 Å². The van der Waals surface area contributed by atoms with Gasteiger partial charge in [-0.05, 0) is 48.2 Å². The number of anilines is 1. The predicted molar refractivity (Wildman–Crippen MR) is 176 cm³/mol. The molecule has 0 aliphatic rings. The van der Waals surface area contributed by atoms with Gasteiger partial charge in [0.2, 0.25) is 11.8 Å². The van der Waals surface area contributed by atoms with Gasteiger partial charge in [0.05, 0.1) is 15.6 Å². The number of rotatable bonds is 13. The van der Waals surface area contributed by atoms with Gasteiger partial charge in [0.1, 0.15) is 12.6 Å². The molecule has 0 heterocycles. The van der Waals surface area contributed by atoms with Gasteiger partial charge >= 0.3 is 0 Å². The summed E-state index contributed by atoms with van der Waals surface area (Å²) in [5.41, 5.74) is 2.92.